The number of nitrogens with zero attached hydrogens (tertiary/aromatic N) is 1. The Morgan fingerprint density at radius 3 is 2.59 bits per heavy atom. The van der Waals surface area contributed by atoms with Crippen molar-refractivity contribution in [3.63, 3.8) is 0 Å². The Labute approximate surface area is 106 Å². The third-order valence-corrected chi connectivity index (χ3v) is 4.69. The smallest absolute Gasteiger partial charge is 0.0580 e. The van der Waals surface area contributed by atoms with E-state index in [1.807, 2.05) is 0 Å². The van der Waals surface area contributed by atoms with E-state index in [2.05, 4.69) is 11.8 Å². The van der Waals surface area contributed by atoms with Gasteiger partial charge in [-0.2, -0.15) is 0 Å². The molecular weight excluding hydrogens is 210 g/mol. The molecule has 17 heavy (non-hydrogen) atoms. The summed E-state index contributed by atoms with van der Waals surface area (Å²) in [7, 11) is 0. The lowest BCUT2D eigenvalue weighted by atomic mass is 9.77. The molecule has 0 aromatic carbocycles. The predicted octanol–water partition coefficient (Wildman–Crippen LogP) is 3.05. The highest BCUT2D eigenvalue weighted by Gasteiger charge is 2.30. The molecule has 0 aromatic heterocycles. The van der Waals surface area contributed by atoms with Crippen LogP contribution in [0.4, 0.5) is 0 Å². The Morgan fingerprint density at radius 1 is 1.12 bits per heavy atom. The summed E-state index contributed by atoms with van der Waals surface area (Å²) in [4.78, 5) is 2.59. The van der Waals surface area contributed by atoms with E-state index in [1.165, 1.54) is 58.0 Å². The lowest BCUT2D eigenvalue weighted by Crippen LogP contribution is -2.41. The minimum atomic E-state index is -0.0231. The number of aliphatic hydroxyl groups is 1. The van der Waals surface area contributed by atoms with Crippen molar-refractivity contribution in [2.45, 2.75) is 64.4 Å². The van der Waals surface area contributed by atoms with Crippen molar-refractivity contribution in [2.75, 3.05) is 19.6 Å². The molecule has 1 aliphatic carbocycles. The highest BCUT2D eigenvalue weighted by Crippen LogP contribution is 2.33. The maximum Gasteiger partial charge on any atom is 0.0580 e. The lowest BCUT2D eigenvalue weighted by Gasteiger charge is -2.37. The molecule has 0 aromatic rings. The van der Waals surface area contributed by atoms with Gasteiger partial charge in [-0.15, -0.1) is 0 Å². The lowest BCUT2D eigenvalue weighted by molar-refractivity contribution is 0.0225. The zero-order valence-corrected chi connectivity index (χ0v) is 11.4. The van der Waals surface area contributed by atoms with Gasteiger partial charge in [0.15, 0.2) is 0 Å². The van der Waals surface area contributed by atoms with E-state index in [0.29, 0.717) is 5.92 Å². The fourth-order valence-electron chi connectivity index (χ4n) is 3.69. The molecular formula is C15H29NO. The molecule has 2 rings (SSSR count). The zero-order chi connectivity index (χ0) is 12.1. The van der Waals surface area contributed by atoms with Gasteiger partial charge < -0.3 is 10.0 Å². The molecule has 0 radical (unpaired) electrons. The second kappa shape index (κ2) is 6.75. The molecule has 3 unspecified atom stereocenters. The second-order valence-corrected chi connectivity index (χ2v) is 6.16. The third-order valence-electron chi connectivity index (χ3n) is 4.69. The highest BCUT2D eigenvalue weighted by atomic mass is 16.3. The van der Waals surface area contributed by atoms with Gasteiger partial charge in [-0.1, -0.05) is 26.2 Å². The third kappa shape index (κ3) is 3.96. The largest absolute Gasteiger partial charge is 0.393 e. The van der Waals surface area contributed by atoms with Crippen LogP contribution in [0.3, 0.4) is 0 Å². The summed E-state index contributed by atoms with van der Waals surface area (Å²) in [5.41, 5.74) is 0. The van der Waals surface area contributed by atoms with E-state index < -0.39 is 0 Å². The van der Waals surface area contributed by atoms with E-state index in [0.717, 1.165) is 18.9 Å². The molecule has 0 spiro atoms. The van der Waals surface area contributed by atoms with Crippen LogP contribution in [0.15, 0.2) is 0 Å². The summed E-state index contributed by atoms with van der Waals surface area (Å²) >= 11 is 0. The van der Waals surface area contributed by atoms with E-state index >= 15 is 0 Å². The number of aliphatic hydroxyl groups excluding tert-OH is 1. The summed E-state index contributed by atoms with van der Waals surface area (Å²) < 4.78 is 0. The Balaban J connectivity index is 1.80. The van der Waals surface area contributed by atoms with Gasteiger partial charge in [-0.3, -0.25) is 0 Å². The van der Waals surface area contributed by atoms with Crippen molar-refractivity contribution in [1.29, 1.82) is 0 Å². The van der Waals surface area contributed by atoms with Gasteiger partial charge in [-0.25, -0.2) is 0 Å². The van der Waals surface area contributed by atoms with Crippen LogP contribution in [-0.2, 0) is 0 Å². The maximum absolute atomic E-state index is 10.2. The molecule has 1 aliphatic heterocycles. The number of piperidine rings is 1. The average molecular weight is 239 g/mol. The van der Waals surface area contributed by atoms with Crippen LogP contribution in [0.25, 0.3) is 0 Å². The van der Waals surface area contributed by atoms with Gasteiger partial charge in [0.25, 0.3) is 0 Å². The first-order valence-corrected chi connectivity index (χ1v) is 7.70. The molecule has 1 heterocycles. The first-order chi connectivity index (χ1) is 8.29. The van der Waals surface area contributed by atoms with E-state index in [1.54, 1.807) is 0 Å². The maximum atomic E-state index is 10.2. The van der Waals surface area contributed by atoms with Crippen LogP contribution >= 0.6 is 0 Å². The summed E-state index contributed by atoms with van der Waals surface area (Å²) in [6, 6.07) is 0. The molecule has 0 amide bonds. The molecule has 2 nitrogen and oxygen atoms in total. The molecule has 3 atom stereocenters. The van der Waals surface area contributed by atoms with Crippen LogP contribution in [0.5, 0.6) is 0 Å². The van der Waals surface area contributed by atoms with Crippen LogP contribution in [0, 0.1) is 11.8 Å². The first-order valence-electron chi connectivity index (χ1n) is 7.70. The first kappa shape index (κ1) is 13.4. The molecule has 100 valence electrons. The normalized spacial score (nSPS) is 36.0. The van der Waals surface area contributed by atoms with Crippen LogP contribution in [0.1, 0.15) is 58.3 Å². The van der Waals surface area contributed by atoms with Crippen LogP contribution < -0.4 is 0 Å². The average Bonchev–Trinajstić information content (AvgIpc) is 2.35. The number of hydrogen-bond donors (Lipinski definition) is 1. The number of rotatable bonds is 4. The van der Waals surface area contributed by atoms with Gasteiger partial charge in [0.1, 0.15) is 0 Å². The van der Waals surface area contributed by atoms with Crippen molar-refractivity contribution < 1.29 is 5.11 Å². The number of likely N-dealkylation sites (tertiary alicyclic amines) is 1. The minimum Gasteiger partial charge on any atom is -0.393 e. The van der Waals surface area contributed by atoms with Gasteiger partial charge >= 0.3 is 0 Å². The van der Waals surface area contributed by atoms with Crippen molar-refractivity contribution in [3.8, 4) is 0 Å². The molecule has 2 heteroatoms. The van der Waals surface area contributed by atoms with Gasteiger partial charge in [0, 0.05) is 6.54 Å². The van der Waals surface area contributed by atoms with Gasteiger partial charge in [0.05, 0.1) is 6.10 Å². The minimum absolute atomic E-state index is 0.0231. The fraction of sp³-hybridized carbons (Fsp3) is 1.00. The quantitative estimate of drug-likeness (QED) is 0.815. The summed E-state index contributed by atoms with van der Waals surface area (Å²) in [6.45, 7) is 5.97. The molecule has 1 saturated carbocycles. The van der Waals surface area contributed by atoms with Crippen LogP contribution in [-0.4, -0.2) is 35.7 Å². The molecule has 1 saturated heterocycles. The predicted molar refractivity (Wildman–Crippen MR) is 72.0 cm³/mol. The second-order valence-electron chi connectivity index (χ2n) is 6.16. The molecule has 0 bridgehead atoms. The monoisotopic (exact) mass is 239 g/mol. The van der Waals surface area contributed by atoms with Gasteiger partial charge in [-0.05, 0) is 57.0 Å². The Hall–Kier alpha value is -0.0800. The standard InChI is InChI=1S/C15H29NO/c1-2-6-13-7-8-15(17)14(11-13)12-16-9-4-3-5-10-16/h13-15,17H,2-12H2,1H3. The summed E-state index contributed by atoms with van der Waals surface area (Å²) in [6.07, 6.45) is 10.3. The van der Waals surface area contributed by atoms with E-state index in [9.17, 15) is 5.11 Å². The Bertz CT molecular complexity index is 213. The Kier molecular flexibility index (Phi) is 5.30. The molecule has 2 aliphatic rings. The summed E-state index contributed by atoms with van der Waals surface area (Å²) in [5.74, 6) is 1.44. The van der Waals surface area contributed by atoms with E-state index in [-0.39, 0.29) is 6.10 Å². The SMILES string of the molecule is CCCC1CCC(O)C(CN2CCCCC2)C1. The topological polar surface area (TPSA) is 23.5 Å². The zero-order valence-electron chi connectivity index (χ0n) is 11.4. The molecule has 1 N–H and O–H groups in total. The van der Waals surface area contributed by atoms with Crippen molar-refractivity contribution in [3.05, 3.63) is 0 Å². The fourth-order valence-corrected chi connectivity index (χ4v) is 3.69. The summed E-state index contributed by atoms with van der Waals surface area (Å²) in [5, 5.41) is 10.2. The van der Waals surface area contributed by atoms with Gasteiger partial charge in [0.2, 0.25) is 0 Å². The highest BCUT2D eigenvalue weighted by molar-refractivity contribution is 4.82. The molecule has 2 fully saturated rings. The van der Waals surface area contributed by atoms with Crippen LogP contribution in [0.2, 0.25) is 0 Å². The Morgan fingerprint density at radius 2 is 1.88 bits per heavy atom. The van der Waals surface area contributed by atoms with Crippen molar-refractivity contribution in [1.82, 2.24) is 4.90 Å². The number of hydrogen-bond acceptors (Lipinski definition) is 2. The van der Waals surface area contributed by atoms with Crippen molar-refractivity contribution >= 4 is 0 Å². The van der Waals surface area contributed by atoms with Crippen molar-refractivity contribution in [2.24, 2.45) is 11.8 Å². The van der Waals surface area contributed by atoms with E-state index in [4.69, 9.17) is 0 Å².